The highest BCUT2D eigenvalue weighted by molar-refractivity contribution is 5.78. The third-order valence-electron chi connectivity index (χ3n) is 3.52. The van der Waals surface area contributed by atoms with Gasteiger partial charge in [0.15, 0.2) is 0 Å². The molecule has 1 atom stereocenters. The second-order valence-corrected chi connectivity index (χ2v) is 4.63. The van der Waals surface area contributed by atoms with Gasteiger partial charge in [-0.3, -0.25) is 9.59 Å². The maximum Gasteiger partial charge on any atom is 0.303 e. The van der Waals surface area contributed by atoms with E-state index in [1.807, 2.05) is 4.90 Å². The largest absolute Gasteiger partial charge is 0.481 e. The third kappa shape index (κ3) is 2.30. The van der Waals surface area contributed by atoms with E-state index >= 15 is 0 Å². The average molecular weight is 211 g/mol. The van der Waals surface area contributed by atoms with Gasteiger partial charge < -0.3 is 10.0 Å². The van der Waals surface area contributed by atoms with E-state index in [1.54, 1.807) is 0 Å². The second-order valence-electron chi connectivity index (χ2n) is 4.63. The van der Waals surface area contributed by atoms with Gasteiger partial charge in [-0.05, 0) is 31.6 Å². The Balaban J connectivity index is 1.91. The van der Waals surface area contributed by atoms with E-state index in [9.17, 15) is 9.59 Å². The molecule has 84 valence electrons. The van der Waals surface area contributed by atoms with Crippen molar-refractivity contribution in [3.8, 4) is 0 Å². The number of hydrogen-bond donors (Lipinski definition) is 1. The lowest BCUT2D eigenvalue weighted by atomic mass is 9.86. The number of aliphatic carboxylic acids is 1. The van der Waals surface area contributed by atoms with Crippen LogP contribution >= 0.6 is 0 Å². The van der Waals surface area contributed by atoms with Crippen LogP contribution in [-0.2, 0) is 9.59 Å². The maximum atomic E-state index is 11.6. The van der Waals surface area contributed by atoms with Gasteiger partial charge in [0.25, 0.3) is 0 Å². The Labute approximate surface area is 89.3 Å². The molecule has 1 aliphatic heterocycles. The first kappa shape index (κ1) is 10.5. The van der Waals surface area contributed by atoms with Crippen LogP contribution < -0.4 is 0 Å². The number of carbonyl (C=O) groups excluding carboxylic acids is 1. The number of rotatable bonds is 3. The summed E-state index contributed by atoms with van der Waals surface area (Å²) in [5.41, 5.74) is 0. The van der Waals surface area contributed by atoms with Gasteiger partial charge in [0.1, 0.15) is 0 Å². The SMILES string of the molecule is O=C(O)CC1CCC(=O)N(C2CCC2)C1. The number of amides is 1. The fourth-order valence-electron chi connectivity index (χ4n) is 2.41. The lowest BCUT2D eigenvalue weighted by Gasteiger charge is -2.42. The molecule has 0 spiro atoms. The molecule has 4 nitrogen and oxygen atoms in total. The van der Waals surface area contributed by atoms with Gasteiger partial charge in [0.2, 0.25) is 5.91 Å². The Morgan fingerprint density at radius 3 is 2.67 bits per heavy atom. The monoisotopic (exact) mass is 211 g/mol. The van der Waals surface area contributed by atoms with Crippen molar-refractivity contribution in [2.75, 3.05) is 6.54 Å². The zero-order valence-electron chi connectivity index (χ0n) is 8.82. The topological polar surface area (TPSA) is 57.6 Å². The third-order valence-corrected chi connectivity index (χ3v) is 3.52. The van der Waals surface area contributed by atoms with Crippen molar-refractivity contribution in [3.05, 3.63) is 0 Å². The first-order valence-corrected chi connectivity index (χ1v) is 5.68. The van der Waals surface area contributed by atoms with Crippen molar-refractivity contribution in [2.45, 2.75) is 44.6 Å². The van der Waals surface area contributed by atoms with E-state index in [0.717, 1.165) is 19.3 Å². The molecule has 0 aromatic heterocycles. The first-order chi connectivity index (χ1) is 7.16. The highest BCUT2D eigenvalue weighted by atomic mass is 16.4. The van der Waals surface area contributed by atoms with Gasteiger partial charge in [0, 0.05) is 25.4 Å². The molecule has 0 aromatic carbocycles. The van der Waals surface area contributed by atoms with Crippen LogP contribution in [0.15, 0.2) is 0 Å². The van der Waals surface area contributed by atoms with E-state index in [0.29, 0.717) is 19.0 Å². The van der Waals surface area contributed by atoms with Crippen LogP contribution in [0.25, 0.3) is 0 Å². The number of likely N-dealkylation sites (tertiary alicyclic amines) is 1. The molecule has 0 radical (unpaired) electrons. The highest BCUT2D eigenvalue weighted by Crippen LogP contribution is 2.30. The molecule has 1 heterocycles. The molecular formula is C11H17NO3. The van der Waals surface area contributed by atoms with Gasteiger partial charge in [-0.2, -0.15) is 0 Å². The van der Waals surface area contributed by atoms with E-state index in [2.05, 4.69) is 0 Å². The maximum absolute atomic E-state index is 11.6. The van der Waals surface area contributed by atoms with Crippen molar-refractivity contribution in [1.29, 1.82) is 0 Å². The molecule has 0 aromatic rings. The zero-order chi connectivity index (χ0) is 10.8. The van der Waals surface area contributed by atoms with Crippen LogP contribution in [0, 0.1) is 5.92 Å². The first-order valence-electron chi connectivity index (χ1n) is 5.68. The number of nitrogens with zero attached hydrogens (tertiary/aromatic N) is 1. The minimum absolute atomic E-state index is 0.167. The van der Waals surface area contributed by atoms with Gasteiger partial charge in [-0.1, -0.05) is 0 Å². The van der Waals surface area contributed by atoms with Crippen molar-refractivity contribution in [1.82, 2.24) is 4.90 Å². The summed E-state index contributed by atoms with van der Waals surface area (Å²) in [6, 6.07) is 0.411. The Kier molecular flexibility index (Phi) is 2.93. The fourth-order valence-corrected chi connectivity index (χ4v) is 2.41. The van der Waals surface area contributed by atoms with Crippen molar-refractivity contribution in [3.63, 3.8) is 0 Å². The van der Waals surface area contributed by atoms with Crippen molar-refractivity contribution < 1.29 is 14.7 Å². The molecule has 1 unspecified atom stereocenters. The van der Waals surface area contributed by atoms with E-state index in [-0.39, 0.29) is 18.2 Å². The molecule has 2 rings (SSSR count). The fraction of sp³-hybridized carbons (Fsp3) is 0.818. The molecule has 1 N–H and O–H groups in total. The van der Waals surface area contributed by atoms with E-state index in [1.165, 1.54) is 6.42 Å². The predicted molar refractivity (Wildman–Crippen MR) is 54.3 cm³/mol. The molecule has 4 heteroatoms. The summed E-state index contributed by atoms with van der Waals surface area (Å²) in [6.07, 6.45) is 4.90. The molecular weight excluding hydrogens is 194 g/mol. The standard InChI is InChI=1S/C11H17NO3/c13-10-5-4-8(6-11(14)15)7-12(10)9-2-1-3-9/h8-9H,1-7H2,(H,14,15). The summed E-state index contributed by atoms with van der Waals surface area (Å²) in [7, 11) is 0. The molecule has 1 aliphatic carbocycles. The van der Waals surface area contributed by atoms with Crippen LogP contribution in [-0.4, -0.2) is 34.5 Å². The summed E-state index contributed by atoms with van der Waals surface area (Å²) in [6.45, 7) is 0.662. The molecule has 1 amide bonds. The smallest absolute Gasteiger partial charge is 0.303 e. The second kappa shape index (κ2) is 4.21. The van der Waals surface area contributed by atoms with Gasteiger partial charge in [0.05, 0.1) is 0 Å². The number of hydrogen-bond acceptors (Lipinski definition) is 2. The molecule has 2 aliphatic rings. The van der Waals surface area contributed by atoms with E-state index < -0.39 is 5.97 Å². The van der Waals surface area contributed by atoms with Crippen LogP contribution in [0.5, 0.6) is 0 Å². The molecule has 2 fully saturated rings. The number of carbonyl (C=O) groups is 2. The molecule has 15 heavy (non-hydrogen) atoms. The van der Waals surface area contributed by atoms with Crippen LogP contribution in [0.3, 0.4) is 0 Å². The summed E-state index contributed by atoms with van der Waals surface area (Å²) in [4.78, 5) is 24.2. The Hall–Kier alpha value is -1.06. The number of carboxylic acids is 1. The summed E-state index contributed by atoms with van der Waals surface area (Å²) in [5.74, 6) is -0.356. The average Bonchev–Trinajstić information content (AvgIpc) is 2.07. The predicted octanol–water partition coefficient (Wildman–Crippen LogP) is 1.25. The summed E-state index contributed by atoms with van der Waals surface area (Å²) in [5, 5.41) is 8.72. The summed E-state index contributed by atoms with van der Waals surface area (Å²) >= 11 is 0. The lowest BCUT2D eigenvalue weighted by Crippen LogP contribution is -2.49. The zero-order valence-corrected chi connectivity index (χ0v) is 8.82. The highest BCUT2D eigenvalue weighted by Gasteiger charge is 2.34. The van der Waals surface area contributed by atoms with Crippen LogP contribution in [0.4, 0.5) is 0 Å². The van der Waals surface area contributed by atoms with Gasteiger partial charge in [-0.15, -0.1) is 0 Å². The molecule has 1 saturated carbocycles. The van der Waals surface area contributed by atoms with E-state index in [4.69, 9.17) is 5.11 Å². The normalized spacial score (nSPS) is 27.6. The van der Waals surface area contributed by atoms with Gasteiger partial charge in [-0.25, -0.2) is 0 Å². The van der Waals surface area contributed by atoms with Crippen LogP contribution in [0.1, 0.15) is 38.5 Å². The quantitative estimate of drug-likeness (QED) is 0.764. The van der Waals surface area contributed by atoms with Crippen molar-refractivity contribution >= 4 is 11.9 Å². The molecule has 0 bridgehead atoms. The molecule has 1 saturated heterocycles. The van der Waals surface area contributed by atoms with Crippen molar-refractivity contribution in [2.24, 2.45) is 5.92 Å². The number of carboxylic acid groups (broad SMARTS) is 1. The summed E-state index contributed by atoms with van der Waals surface area (Å²) < 4.78 is 0. The minimum Gasteiger partial charge on any atom is -0.481 e. The Bertz CT molecular complexity index is 273. The lowest BCUT2D eigenvalue weighted by molar-refractivity contribution is -0.144. The minimum atomic E-state index is -0.747. The van der Waals surface area contributed by atoms with Crippen LogP contribution in [0.2, 0.25) is 0 Å². The van der Waals surface area contributed by atoms with Gasteiger partial charge >= 0.3 is 5.97 Å². The Morgan fingerprint density at radius 2 is 2.13 bits per heavy atom. The number of piperidine rings is 1. The Morgan fingerprint density at radius 1 is 1.40 bits per heavy atom.